The molecule has 0 spiro atoms. The van der Waals surface area contributed by atoms with Crippen LogP contribution in [0.5, 0.6) is 5.75 Å². The minimum Gasteiger partial charge on any atom is -0.471 e. The Kier molecular flexibility index (Phi) is 5.72. The third-order valence-electron chi connectivity index (χ3n) is 3.45. The fourth-order valence-electron chi connectivity index (χ4n) is 2.23. The highest BCUT2D eigenvalue weighted by atomic mass is 35.5. The van der Waals surface area contributed by atoms with Crippen LogP contribution in [0.2, 0.25) is 5.02 Å². The number of ether oxygens (including phenoxy) is 1. The van der Waals surface area contributed by atoms with E-state index >= 15 is 0 Å². The molecule has 0 aromatic heterocycles. The molecule has 1 aromatic carbocycles. The standard InChI is InChI=1S/C14H20ClN3O4S/c1-11(22-13-5-3-12(15)4-6-13)16-14(19)17-7-9-18(10-8-17)23(2,20)21/h3-6,11H,7-10H2,1-2H3,(H,16,19). The van der Waals surface area contributed by atoms with Crippen LogP contribution < -0.4 is 10.1 Å². The van der Waals surface area contributed by atoms with Gasteiger partial charge in [0, 0.05) is 31.2 Å². The molecule has 1 heterocycles. The predicted octanol–water partition coefficient (Wildman–Crippen LogP) is 1.35. The molecule has 0 bridgehead atoms. The summed E-state index contributed by atoms with van der Waals surface area (Å²) in [7, 11) is -3.20. The van der Waals surface area contributed by atoms with Crippen molar-refractivity contribution in [3.8, 4) is 5.75 Å². The van der Waals surface area contributed by atoms with Crippen molar-refractivity contribution in [2.75, 3.05) is 32.4 Å². The zero-order chi connectivity index (χ0) is 17.0. The van der Waals surface area contributed by atoms with Crippen LogP contribution in [0, 0.1) is 0 Å². The molecule has 2 rings (SSSR count). The van der Waals surface area contributed by atoms with Gasteiger partial charge in [0.25, 0.3) is 0 Å². The summed E-state index contributed by atoms with van der Waals surface area (Å²) in [5.41, 5.74) is 0. The Bertz CT molecular complexity index is 642. The smallest absolute Gasteiger partial charge is 0.320 e. The molecule has 2 amide bonds. The molecule has 0 saturated carbocycles. The lowest BCUT2D eigenvalue weighted by Crippen LogP contribution is -2.54. The largest absolute Gasteiger partial charge is 0.471 e. The van der Waals surface area contributed by atoms with Crippen molar-refractivity contribution in [3.63, 3.8) is 0 Å². The minimum atomic E-state index is -3.20. The lowest BCUT2D eigenvalue weighted by atomic mass is 10.3. The van der Waals surface area contributed by atoms with Crippen LogP contribution in [0.4, 0.5) is 4.79 Å². The van der Waals surface area contributed by atoms with Gasteiger partial charge in [0.2, 0.25) is 10.0 Å². The summed E-state index contributed by atoms with van der Waals surface area (Å²) in [5.74, 6) is 0.601. The summed E-state index contributed by atoms with van der Waals surface area (Å²) in [6.07, 6.45) is 0.654. The molecule has 7 nitrogen and oxygen atoms in total. The highest BCUT2D eigenvalue weighted by molar-refractivity contribution is 7.88. The minimum absolute atomic E-state index is 0.278. The normalized spacial score (nSPS) is 17.6. The van der Waals surface area contributed by atoms with E-state index in [1.165, 1.54) is 10.6 Å². The topological polar surface area (TPSA) is 79.0 Å². The second-order valence-electron chi connectivity index (χ2n) is 5.31. The van der Waals surface area contributed by atoms with Crippen LogP contribution in [0.15, 0.2) is 24.3 Å². The van der Waals surface area contributed by atoms with Gasteiger partial charge in [-0.15, -0.1) is 0 Å². The Morgan fingerprint density at radius 1 is 1.22 bits per heavy atom. The Balaban J connectivity index is 1.81. The van der Waals surface area contributed by atoms with Crippen LogP contribution >= 0.6 is 11.6 Å². The van der Waals surface area contributed by atoms with Gasteiger partial charge in [-0.25, -0.2) is 13.2 Å². The number of nitrogens with zero attached hydrogens (tertiary/aromatic N) is 2. The summed E-state index contributed by atoms with van der Waals surface area (Å²) < 4.78 is 29.8. The first-order chi connectivity index (χ1) is 10.8. The molecule has 1 saturated heterocycles. The van der Waals surface area contributed by atoms with E-state index in [2.05, 4.69) is 5.32 Å². The maximum Gasteiger partial charge on any atom is 0.320 e. The molecular formula is C14H20ClN3O4S. The first-order valence-electron chi connectivity index (χ1n) is 7.18. The summed E-state index contributed by atoms with van der Waals surface area (Å²) in [5, 5.41) is 3.34. The lowest BCUT2D eigenvalue weighted by Gasteiger charge is -2.33. The van der Waals surface area contributed by atoms with Gasteiger partial charge in [-0.1, -0.05) is 11.6 Å². The fourth-order valence-corrected chi connectivity index (χ4v) is 3.19. The van der Waals surface area contributed by atoms with Gasteiger partial charge in [-0.05, 0) is 31.2 Å². The van der Waals surface area contributed by atoms with Crippen molar-refractivity contribution < 1.29 is 17.9 Å². The van der Waals surface area contributed by atoms with Crippen LogP contribution in [-0.4, -0.2) is 62.3 Å². The number of sulfonamides is 1. The first-order valence-corrected chi connectivity index (χ1v) is 9.41. The molecule has 1 aromatic rings. The van der Waals surface area contributed by atoms with Crippen molar-refractivity contribution in [1.82, 2.24) is 14.5 Å². The number of hydrogen-bond acceptors (Lipinski definition) is 4. The van der Waals surface area contributed by atoms with Crippen molar-refractivity contribution in [1.29, 1.82) is 0 Å². The van der Waals surface area contributed by atoms with Gasteiger partial charge in [0.15, 0.2) is 6.23 Å². The van der Waals surface area contributed by atoms with E-state index in [1.54, 1.807) is 36.1 Å². The van der Waals surface area contributed by atoms with Crippen molar-refractivity contribution in [3.05, 3.63) is 29.3 Å². The van der Waals surface area contributed by atoms with E-state index in [0.717, 1.165) is 0 Å². The van der Waals surface area contributed by atoms with E-state index in [1.807, 2.05) is 0 Å². The lowest BCUT2D eigenvalue weighted by molar-refractivity contribution is 0.140. The van der Waals surface area contributed by atoms with Crippen molar-refractivity contribution in [2.24, 2.45) is 0 Å². The Labute approximate surface area is 141 Å². The summed E-state index contributed by atoms with van der Waals surface area (Å²) >= 11 is 5.80. The van der Waals surface area contributed by atoms with Crippen molar-refractivity contribution >= 4 is 27.7 Å². The highest BCUT2D eigenvalue weighted by Gasteiger charge is 2.26. The van der Waals surface area contributed by atoms with E-state index in [-0.39, 0.29) is 6.03 Å². The molecule has 1 fully saturated rings. The average molecular weight is 362 g/mol. The second-order valence-corrected chi connectivity index (χ2v) is 7.73. The molecule has 1 atom stereocenters. The van der Waals surface area contributed by atoms with Gasteiger partial charge in [0.05, 0.1) is 6.26 Å². The fraction of sp³-hybridized carbons (Fsp3) is 0.500. The molecule has 23 heavy (non-hydrogen) atoms. The number of piperazine rings is 1. The zero-order valence-electron chi connectivity index (χ0n) is 13.0. The number of benzene rings is 1. The first kappa shape index (κ1) is 17.8. The van der Waals surface area contributed by atoms with Crippen LogP contribution in [0.25, 0.3) is 0 Å². The molecule has 128 valence electrons. The van der Waals surface area contributed by atoms with Gasteiger partial charge in [-0.3, -0.25) is 0 Å². The summed E-state index contributed by atoms with van der Waals surface area (Å²) in [6, 6.07) is 6.57. The van der Waals surface area contributed by atoms with Gasteiger partial charge in [-0.2, -0.15) is 4.31 Å². The number of hydrogen-bond donors (Lipinski definition) is 1. The van der Waals surface area contributed by atoms with Gasteiger partial charge in [0.1, 0.15) is 5.75 Å². The maximum absolute atomic E-state index is 12.2. The molecule has 0 radical (unpaired) electrons. The summed E-state index contributed by atoms with van der Waals surface area (Å²) in [6.45, 7) is 3.04. The maximum atomic E-state index is 12.2. The molecule has 1 N–H and O–H groups in total. The van der Waals surface area contributed by atoms with Crippen LogP contribution in [0.1, 0.15) is 6.92 Å². The second kappa shape index (κ2) is 7.37. The number of halogens is 1. The zero-order valence-corrected chi connectivity index (χ0v) is 14.6. The number of carbonyl (C=O) groups excluding carboxylic acids is 1. The summed E-state index contributed by atoms with van der Waals surface area (Å²) in [4.78, 5) is 13.7. The van der Waals surface area contributed by atoms with E-state index in [0.29, 0.717) is 37.0 Å². The quantitative estimate of drug-likeness (QED) is 0.821. The Hall–Kier alpha value is -1.51. The molecule has 1 aliphatic heterocycles. The number of rotatable bonds is 4. The van der Waals surface area contributed by atoms with E-state index < -0.39 is 16.3 Å². The molecule has 9 heteroatoms. The third kappa shape index (κ3) is 5.26. The molecule has 1 unspecified atom stereocenters. The van der Waals surface area contributed by atoms with E-state index in [9.17, 15) is 13.2 Å². The predicted molar refractivity (Wildman–Crippen MR) is 88.1 cm³/mol. The van der Waals surface area contributed by atoms with Gasteiger partial charge >= 0.3 is 6.03 Å². The van der Waals surface area contributed by atoms with E-state index in [4.69, 9.17) is 16.3 Å². The van der Waals surface area contributed by atoms with Crippen molar-refractivity contribution in [2.45, 2.75) is 13.2 Å². The molecule has 0 aliphatic carbocycles. The van der Waals surface area contributed by atoms with Gasteiger partial charge < -0.3 is 15.0 Å². The van der Waals surface area contributed by atoms with Crippen LogP contribution in [-0.2, 0) is 10.0 Å². The number of urea groups is 1. The molecular weight excluding hydrogens is 342 g/mol. The molecule has 1 aliphatic rings. The number of carbonyl (C=O) groups is 1. The SMILES string of the molecule is CC(NC(=O)N1CCN(S(C)(=O)=O)CC1)Oc1ccc(Cl)cc1. The van der Waals surface area contributed by atoms with Crippen LogP contribution in [0.3, 0.4) is 0 Å². The third-order valence-corrected chi connectivity index (χ3v) is 5.00. The number of nitrogens with one attached hydrogen (secondary N) is 1. The average Bonchev–Trinajstić information content (AvgIpc) is 2.49. The number of amides is 2. The Morgan fingerprint density at radius 3 is 2.30 bits per heavy atom. The monoisotopic (exact) mass is 361 g/mol. The Morgan fingerprint density at radius 2 is 1.78 bits per heavy atom. The highest BCUT2D eigenvalue weighted by Crippen LogP contribution is 2.16.